The van der Waals surface area contributed by atoms with Crippen LogP contribution in [-0.2, 0) is 6.42 Å². The van der Waals surface area contributed by atoms with Crippen molar-refractivity contribution in [3.63, 3.8) is 0 Å². The summed E-state index contributed by atoms with van der Waals surface area (Å²) >= 11 is 0. The van der Waals surface area contributed by atoms with E-state index in [1.54, 1.807) is 6.07 Å². The van der Waals surface area contributed by atoms with Crippen molar-refractivity contribution in [1.29, 1.82) is 0 Å². The van der Waals surface area contributed by atoms with Gasteiger partial charge in [-0.2, -0.15) is 0 Å². The first-order chi connectivity index (χ1) is 7.63. The van der Waals surface area contributed by atoms with Gasteiger partial charge < -0.3 is 4.42 Å². The maximum absolute atomic E-state index is 11.4. The van der Waals surface area contributed by atoms with Crippen molar-refractivity contribution in [2.24, 2.45) is 0 Å². The minimum atomic E-state index is -0.545. The summed E-state index contributed by atoms with van der Waals surface area (Å²) in [6, 6.07) is 4.23. The molecule has 0 fully saturated rings. The van der Waals surface area contributed by atoms with Crippen LogP contribution in [0, 0.1) is 10.1 Å². The van der Waals surface area contributed by atoms with Crippen molar-refractivity contribution in [3.8, 4) is 0 Å². The van der Waals surface area contributed by atoms with Gasteiger partial charge in [0.2, 0.25) is 0 Å². The molecule has 16 heavy (non-hydrogen) atoms. The minimum Gasteiger partial charge on any atom is -0.431 e. The van der Waals surface area contributed by atoms with Gasteiger partial charge in [-0.1, -0.05) is 6.92 Å². The zero-order valence-electron chi connectivity index (χ0n) is 8.60. The molecular weight excluding hydrogens is 210 g/mol. The molecule has 0 saturated carbocycles. The number of fused-ring (bicyclic) bond motifs is 1. The first-order valence-corrected chi connectivity index (χ1v) is 4.82. The molecule has 0 aliphatic carbocycles. The Morgan fingerprint density at radius 3 is 2.75 bits per heavy atom. The van der Waals surface area contributed by atoms with Crippen LogP contribution in [0.5, 0.6) is 0 Å². The van der Waals surface area contributed by atoms with Crippen molar-refractivity contribution in [3.05, 3.63) is 50.6 Å². The highest BCUT2D eigenvalue weighted by molar-refractivity contribution is 5.86. The third-order valence-corrected chi connectivity index (χ3v) is 2.47. The summed E-state index contributed by atoms with van der Waals surface area (Å²) in [5.41, 5.74) is 0.216. The molecule has 0 saturated heterocycles. The van der Waals surface area contributed by atoms with E-state index in [2.05, 4.69) is 0 Å². The van der Waals surface area contributed by atoms with Gasteiger partial charge in [-0.25, -0.2) is 4.79 Å². The molecule has 5 heteroatoms. The van der Waals surface area contributed by atoms with Gasteiger partial charge in [0.25, 0.3) is 5.69 Å². The van der Waals surface area contributed by atoms with Crippen molar-refractivity contribution < 1.29 is 9.34 Å². The van der Waals surface area contributed by atoms with Gasteiger partial charge in [0.1, 0.15) is 0 Å². The van der Waals surface area contributed by atoms with E-state index in [0.717, 1.165) is 5.56 Å². The van der Waals surface area contributed by atoms with Crippen LogP contribution in [0.1, 0.15) is 12.5 Å². The predicted molar refractivity (Wildman–Crippen MR) is 58.5 cm³/mol. The van der Waals surface area contributed by atoms with Gasteiger partial charge >= 0.3 is 5.63 Å². The number of nitro benzene ring substituents is 1. The number of aryl methyl sites for hydroxylation is 1. The summed E-state index contributed by atoms with van der Waals surface area (Å²) in [6.07, 6.45) is 2.11. The van der Waals surface area contributed by atoms with Gasteiger partial charge in [-0.15, -0.1) is 0 Å². The second-order valence-corrected chi connectivity index (χ2v) is 3.39. The van der Waals surface area contributed by atoms with Gasteiger partial charge in [-0.05, 0) is 23.4 Å². The molecule has 0 atom stereocenters. The van der Waals surface area contributed by atoms with Gasteiger partial charge in [0, 0.05) is 12.1 Å². The number of hydrogen-bond donors (Lipinski definition) is 0. The lowest BCUT2D eigenvalue weighted by Crippen LogP contribution is -2.01. The summed E-state index contributed by atoms with van der Waals surface area (Å²) in [6.45, 7) is 1.93. The summed E-state index contributed by atoms with van der Waals surface area (Å²) < 4.78 is 4.82. The smallest absolute Gasteiger partial charge is 0.343 e. The lowest BCUT2D eigenvalue weighted by atomic mass is 10.1. The van der Waals surface area contributed by atoms with Crippen molar-refractivity contribution in [2.75, 3.05) is 0 Å². The molecule has 1 heterocycles. The molecule has 2 rings (SSSR count). The van der Waals surface area contributed by atoms with Crippen LogP contribution in [0.15, 0.2) is 33.7 Å². The Morgan fingerprint density at radius 2 is 2.12 bits per heavy atom. The number of hydrogen-bond acceptors (Lipinski definition) is 4. The Bertz CT molecular complexity index is 615. The molecular formula is C11H9NO4. The van der Waals surface area contributed by atoms with E-state index in [-0.39, 0.29) is 11.1 Å². The average molecular weight is 219 g/mol. The van der Waals surface area contributed by atoms with Crippen LogP contribution >= 0.6 is 0 Å². The standard InChI is InChI=1S/C11H9NO4/c1-2-7-6-16-11(13)10-5-8(12(14)15)3-4-9(7)10/h3-6H,2H2,1H3. The maximum Gasteiger partial charge on any atom is 0.343 e. The second kappa shape index (κ2) is 3.77. The molecule has 1 aromatic carbocycles. The minimum absolute atomic E-state index is 0.104. The zero-order chi connectivity index (χ0) is 11.7. The van der Waals surface area contributed by atoms with E-state index < -0.39 is 10.5 Å². The Labute approximate surface area is 90.5 Å². The zero-order valence-corrected chi connectivity index (χ0v) is 8.60. The monoisotopic (exact) mass is 219 g/mol. The number of nitrogens with zero attached hydrogens (tertiary/aromatic N) is 1. The molecule has 0 N–H and O–H groups in total. The van der Waals surface area contributed by atoms with Gasteiger partial charge in [-0.3, -0.25) is 10.1 Å². The van der Waals surface area contributed by atoms with Crippen molar-refractivity contribution >= 4 is 16.5 Å². The molecule has 0 radical (unpaired) electrons. The van der Waals surface area contributed by atoms with E-state index in [1.165, 1.54) is 18.4 Å². The van der Waals surface area contributed by atoms with Crippen molar-refractivity contribution in [2.45, 2.75) is 13.3 Å². The first-order valence-electron chi connectivity index (χ1n) is 4.82. The van der Waals surface area contributed by atoms with Gasteiger partial charge in [0.15, 0.2) is 0 Å². The fourth-order valence-corrected chi connectivity index (χ4v) is 1.62. The van der Waals surface area contributed by atoms with Gasteiger partial charge in [0.05, 0.1) is 16.6 Å². The third kappa shape index (κ3) is 1.56. The first kappa shape index (κ1) is 10.4. The molecule has 82 valence electrons. The normalized spacial score (nSPS) is 10.6. The van der Waals surface area contributed by atoms with E-state index >= 15 is 0 Å². The fourth-order valence-electron chi connectivity index (χ4n) is 1.62. The molecule has 0 aliphatic rings. The lowest BCUT2D eigenvalue weighted by molar-refractivity contribution is -0.384. The Hall–Kier alpha value is -2.17. The molecule has 0 spiro atoms. The van der Waals surface area contributed by atoms with Crippen LogP contribution in [-0.4, -0.2) is 4.92 Å². The molecule has 5 nitrogen and oxygen atoms in total. The van der Waals surface area contributed by atoms with Crippen LogP contribution < -0.4 is 5.63 Å². The summed E-state index contributed by atoms with van der Waals surface area (Å²) in [7, 11) is 0. The second-order valence-electron chi connectivity index (χ2n) is 3.39. The Kier molecular flexibility index (Phi) is 2.44. The van der Waals surface area contributed by atoms with E-state index in [4.69, 9.17) is 4.42 Å². The largest absolute Gasteiger partial charge is 0.431 e. The van der Waals surface area contributed by atoms with E-state index in [0.29, 0.717) is 11.8 Å². The highest BCUT2D eigenvalue weighted by Gasteiger charge is 2.11. The number of non-ortho nitro benzene ring substituents is 1. The SMILES string of the molecule is CCc1coc(=O)c2cc([N+](=O)[O-])ccc12. The Morgan fingerprint density at radius 1 is 1.38 bits per heavy atom. The molecule has 1 aromatic heterocycles. The fraction of sp³-hybridized carbons (Fsp3) is 0.182. The average Bonchev–Trinajstić information content (AvgIpc) is 2.29. The van der Waals surface area contributed by atoms with Crippen LogP contribution in [0.25, 0.3) is 10.8 Å². The quantitative estimate of drug-likeness (QED) is 0.573. The molecule has 0 amide bonds. The summed E-state index contributed by atoms with van der Waals surface area (Å²) in [4.78, 5) is 21.5. The molecule has 0 unspecified atom stereocenters. The predicted octanol–water partition coefficient (Wildman–Crippen LogP) is 2.26. The summed E-state index contributed by atoms with van der Waals surface area (Å²) in [5, 5.41) is 11.6. The maximum atomic E-state index is 11.4. The van der Waals surface area contributed by atoms with Crippen LogP contribution in [0.3, 0.4) is 0 Å². The summed E-state index contributed by atoms with van der Waals surface area (Å²) in [5.74, 6) is 0. The topological polar surface area (TPSA) is 73.3 Å². The van der Waals surface area contributed by atoms with Crippen LogP contribution in [0.2, 0.25) is 0 Å². The third-order valence-electron chi connectivity index (χ3n) is 2.47. The number of benzene rings is 1. The Balaban J connectivity index is 2.83. The number of nitro groups is 1. The van der Waals surface area contributed by atoms with Crippen LogP contribution in [0.4, 0.5) is 5.69 Å². The van der Waals surface area contributed by atoms with E-state index in [1.807, 2.05) is 6.92 Å². The van der Waals surface area contributed by atoms with Crippen molar-refractivity contribution in [1.82, 2.24) is 0 Å². The highest BCUT2D eigenvalue weighted by Crippen LogP contribution is 2.21. The molecule has 2 aromatic rings. The lowest BCUT2D eigenvalue weighted by Gasteiger charge is -2.01. The molecule has 0 aliphatic heterocycles. The highest BCUT2D eigenvalue weighted by atomic mass is 16.6. The van der Waals surface area contributed by atoms with E-state index in [9.17, 15) is 14.9 Å². The number of rotatable bonds is 2. The molecule has 0 bridgehead atoms.